The van der Waals surface area contributed by atoms with Crippen molar-refractivity contribution in [2.75, 3.05) is 0 Å². The number of hydrogen-bond acceptors (Lipinski definition) is 3. The fraction of sp³-hybridized carbons (Fsp3) is 0.333. The van der Waals surface area contributed by atoms with Crippen molar-refractivity contribution in [1.29, 1.82) is 0 Å². The van der Waals surface area contributed by atoms with Crippen LogP contribution in [-0.2, 0) is 12.8 Å². The van der Waals surface area contributed by atoms with Gasteiger partial charge in [-0.05, 0) is 53.7 Å². The molecule has 1 aromatic carbocycles. The lowest BCUT2D eigenvalue weighted by molar-refractivity contribution is 0.445. The lowest BCUT2D eigenvalue weighted by Gasteiger charge is -2.12. The second-order valence-electron chi connectivity index (χ2n) is 4.84. The number of aromatic nitrogens is 2. The summed E-state index contributed by atoms with van der Waals surface area (Å²) in [5, 5.41) is 0. The number of nitrogens with zero attached hydrogens (tertiary/aromatic N) is 2. The standard InChI is InChI=1S/C15H14BrFN2O/c16-12-7-6-10(17)8-14(12)20-15-11-4-2-1-3-5-13(11)18-9-19-15/h6-9H,1-5H2. The summed E-state index contributed by atoms with van der Waals surface area (Å²) in [6.07, 6.45) is 6.84. The zero-order chi connectivity index (χ0) is 13.9. The first-order chi connectivity index (χ1) is 9.74. The van der Waals surface area contributed by atoms with Crippen molar-refractivity contribution < 1.29 is 9.13 Å². The summed E-state index contributed by atoms with van der Waals surface area (Å²) in [7, 11) is 0. The molecule has 0 unspecified atom stereocenters. The van der Waals surface area contributed by atoms with E-state index in [0.29, 0.717) is 16.1 Å². The first-order valence-electron chi connectivity index (χ1n) is 6.69. The molecule has 1 aliphatic carbocycles. The topological polar surface area (TPSA) is 35.0 Å². The molecule has 5 heteroatoms. The zero-order valence-electron chi connectivity index (χ0n) is 10.9. The molecule has 20 heavy (non-hydrogen) atoms. The summed E-state index contributed by atoms with van der Waals surface area (Å²) < 4.78 is 19.8. The second kappa shape index (κ2) is 5.87. The van der Waals surface area contributed by atoms with Gasteiger partial charge in [0.2, 0.25) is 5.88 Å². The summed E-state index contributed by atoms with van der Waals surface area (Å²) in [6.45, 7) is 0. The van der Waals surface area contributed by atoms with Gasteiger partial charge < -0.3 is 4.74 Å². The zero-order valence-corrected chi connectivity index (χ0v) is 12.5. The van der Waals surface area contributed by atoms with Crippen LogP contribution in [0.5, 0.6) is 11.6 Å². The van der Waals surface area contributed by atoms with Crippen LogP contribution >= 0.6 is 15.9 Å². The Labute approximate surface area is 125 Å². The Kier molecular flexibility index (Phi) is 3.96. The van der Waals surface area contributed by atoms with Crippen molar-refractivity contribution in [1.82, 2.24) is 9.97 Å². The van der Waals surface area contributed by atoms with Gasteiger partial charge in [0.1, 0.15) is 17.9 Å². The molecule has 0 aliphatic heterocycles. The summed E-state index contributed by atoms with van der Waals surface area (Å²) >= 11 is 3.36. The minimum Gasteiger partial charge on any atom is -0.437 e. The van der Waals surface area contributed by atoms with E-state index in [-0.39, 0.29) is 5.82 Å². The van der Waals surface area contributed by atoms with Crippen LogP contribution in [0, 0.1) is 5.82 Å². The Hall–Kier alpha value is -1.49. The van der Waals surface area contributed by atoms with Crippen molar-refractivity contribution >= 4 is 15.9 Å². The quantitative estimate of drug-likeness (QED) is 0.760. The van der Waals surface area contributed by atoms with E-state index in [1.165, 1.54) is 24.9 Å². The molecule has 0 radical (unpaired) electrons. The molecule has 0 saturated heterocycles. The highest BCUT2D eigenvalue weighted by Gasteiger charge is 2.16. The first-order valence-corrected chi connectivity index (χ1v) is 7.49. The molecule has 0 bridgehead atoms. The second-order valence-corrected chi connectivity index (χ2v) is 5.70. The van der Waals surface area contributed by atoms with E-state index in [4.69, 9.17) is 4.74 Å². The molecule has 0 amide bonds. The van der Waals surface area contributed by atoms with E-state index in [2.05, 4.69) is 25.9 Å². The summed E-state index contributed by atoms with van der Waals surface area (Å²) in [4.78, 5) is 8.57. The van der Waals surface area contributed by atoms with E-state index in [1.807, 2.05) is 0 Å². The number of hydrogen-bond donors (Lipinski definition) is 0. The normalized spacial score (nSPS) is 14.5. The third kappa shape index (κ3) is 2.82. The highest BCUT2D eigenvalue weighted by atomic mass is 79.9. The van der Waals surface area contributed by atoms with Crippen molar-refractivity contribution in [3.8, 4) is 11.6 Å². The van der Waals surface area contributed by atoms with Crippen molar-refractivity contribution in [2.24, 2.45) is 0 Å². The number of benzene rings is 1. The van der Waals surface area contributed by atoms with Gasteiger partial charge in [0.15, 0.2) is 0 Å². The van der Waals surface area contributed by atoms with Gasteiger partial charge in [-0.25, -0.2) is 14.4 Å². The van der Waals surface area contributed by atoms with Gasteiger partial charge in [-0.15, -0.1) is 0 Å². The minimum absolute atomic E-state index is 0.330. The van der Waals surface area contributed by atoms with Crippen LogP contribution in [0.2, 0.25) is 0 Å². The molecular formula is C15H14BrFN2O. The van der Waals surface area contributed by atoms with Gasteiger partial charge in [-0.2, -0.15) is 0 Å². The van der Waals surface area contributed by atoms with Gasteiger partial charge >= 0.3 is 0 Å². The summed E-state index contributed by atoms with van der Waals surface area (Å²) in [5.74, 6) is 0.654. The van der Waals surface area contributed by atoms with Crippen molar-refractivity contribution in [3.63, 3.8) is 0 Å². The predicted octanol–water partition coefficient (Wildman–Crippen LogP) is 4.44. The van der Waals surface area contributed by atoms with E-state index in [9.17, 15) is 4.39 Å². The van der Waals surface area contributed by atoms with Crippen LogP contribution in [0.1, 0.15) is 30.5 Å². The minimum atomic E-state index is -0.330. The maximum absolute atomic E-state index is 13.3. The largest absolute Gasteiger partial charge is 0.437 e. The van der Waals surface area contributed by atoms with E-state index < -0.39 is 0 Å². The van der Waals surface area contributed by atoms with Crippen LogP contribution in [0.3, 0.4) is 0 Å². The smallest absolute Gasteiger partial charge is 0.225 e. The van der Waals surface area contributed by atoms with Crippen molar-refractivity contribution in [2.45, 2.75) is 32.1 Å². The molecule has 0 N–H and O–H groups in total. The molecule has 1 heterocycles. The lowest BCUT2D eigenvalue weighted by atomic mass is 10.1. The molecule has 0 fully saturated rings. The van der Waals surface area contributed by atoms with E-state index >= 15 is 0 Å². The number of rotatable bonds is 2. The van der Waals surface area contributed by atoms with Crippen LogP contribution in [0.4, 0.5) is 4.39 Å². The average molecular weight is 337 g/mol. The number of aryl methyl sites for hydroxylation is 1. The Morgan fingerprint density at radius 2 is 1.95 bits per heavy atom. The molecule has 3 nitrogen and oxygen atoms in total. The van der Waals surface area contributed by atoms with Crippen LogP contribution in [0.15, 0.2) is 29.0 Å². The third-order valence-corrected chi connectivity index (χ3v) is 4.09. The Morgan fingerprint density at radius 3 is 2.85 bits per heavy atom. The first kappa shape index (κ1) is 13.5. The molecular weight excluding hydrogens is 323 g/mol. The van der Waals surface area contributed by atoms with E-state index in [0.717, 1.165) is 36.9 Å². The van der Waals surface area contributed by atoms with Gasteiger partial charge in [-0.1, -0.05) is 6.42 Å². The number of ether oxygens (including phenoxy) is 1. The number of fused-ring (bicyclic) bond motifs is 1. The third-order valence-electron chi connectivity index (χ3n) is 3.44. The van der Waals surface area contributed by atoms with E-state index in [1.54, 1.807) is 6.07 Å². The molecule has 2 aromatic rings. The molecule has 0 saturated carbocycles. The van der Waals surface area contributed by atoms with Gasteiger partial charge in [0.25, 0.3) is 0 Å². The summed E-state index contributed by atoms with van der Waals surface area (Å²) in [6, 6.07) is 4.37. The Morgan fingerprint density at radius 1 is 1.10 bits per heavy atom. The molecule has 0 atom stereocenters. The maximum Gasteiger partial charge on any atom is 0.225 e. The molecule has 104 valence electrons. The van der Waals surface area contributed by atoms with Crippen LogP contribution < -0.4 is 4.74 Å². The SMILES string of the molecule is Fc1ccc(Br)c(Oc2ncnc3c2CCCCC3)c1. The summed E-state index contributed by atoms with van der Waals surface area (Å²) in [5.41, 5.74) is 2.11. The highest BCUT2D eigenvalue weighted by molar-refractivity contribution is 9.10. The monoisotopic (exact) mass is 336 g/mol. The molecule has 1 aromatic heterocycles. The lowest BCUT2D eigenvalue weighted by Crippen LogP contribution is -2.01. The number of halogens is 2. The fourth-order valence-corrected chi connectivity index (χ4v) is 2.74. The predicted molar refractivity (Wildman–Crippen MR) is 77.5 cm³/mol. The highest BCUT2D eigenvalue weighted by Crippen LogP contribution is 2.33. The maximum atomic E-state index is 13.3. The Balaban J connectivity index is 1.96. The molecule has 1 aliphatic rings. The van der Waals surface area contributed by atoms with Gasteiger partial charge in [-0.3, -0.25) is 0 Å². The Bertz CT molecular complexity index is 633. The van der Waals surface area contributed by atoms with Gasteiger partial charge in [0, 0.05) is 11.6 Å². The van der Waals surface area contributed by atoms with Gasteiger partial charge in [0.05, 0.1) is 10.2 Å². The van der Waals surface area contributed by atoms with Crippen LogP contribution in [0.25, 0.3) is 0 Å². The van der Waals surface area contributed by atoms with Crippen molar-refractivity contribution in [3.05, 3.63) is 46.1 Å². The fourth-order valence-electron chi connectivity index (χ4n) is 2.42. The average Bonchev–Trinajstić information content (AvgIpc) is 2.69. The molecule has 3 rings (SSSR count). The molecule has 0 spiro atoms. The van der Waals surface area contributed by atoms with Crippen LogP contribution in [-0.4, -0.2) is 9.97 Å².